The normalized spacial score (nSPS) is 23.8. The maximum absolute atomic E-state index is 16.7. The Labute approximate surface area is 257 Å². The Morgan fingerprint density at radius 3 is 2.89 bits per heavy atom. The summed E-state index contributed by atoms with van der Waals surface area (Å²) < 4.78 is 63.5. The van der Waals surface area contributed by atoms with E-state index < -0.39 is 23.3 Å². The quantitative estimate of drug-likeness (QED) is 0.311. The average Bonchev–Trinajstić information content (AvgIpc) is 3.44. The minimum atomic E-state index is -0.939. The molecule has 0 saturated carbocycles. The summed E-state index contributed by atoms with van der Waals surface area (Å²) in [4.78, 5) is 17.7. The van der Waals surface area contributed by atoms with Gasteiger partial charge >= 0.3 is 6.01 Å². The molecule has 2 aromatic carbocycles. The number of alkyl halides is 1. The van der Waals surface area contributed by atoms with Crippen LogP contribution in [-0.4, -0.2) is 95.9 Å². The van der Waals surface area contributed by atoms with Gasteiger partial charge in [0.1, 0.15) is 41.4 Å². The number of phenolic OH excluding ortho intramolecular Hbond substituents is 1. The number of halogens is 3. The number of terminal acetylenes is 1. The summed E-state index contributed by atoms with van der Waals surface area (Å²) in [6.45, 7) is 2.94. The minimum absolute atomic E-state index is 0.0626. The standard InChI is InChI=1S/C33H32F3N5O4/c1-3-23-26(35)6-5-19-11-21(42)12-24(27(19)23)29-28(36)30-25(14-37-29)31(40-9-10-44-17-22(16-40)43-2)39-32(38-30)45-18-33-7-4-8-41(33)15-20(34)13-33/h1,5-6,11-12,14,20,22,42H,4,7-10,13,15-18H2,2H3/t20-,22+,33+/m1/s1. The topological polar surface area (TPSA) is 93.1 Å². The van der Waals surface area contributed by atoms with Crippen molar-refractivity contribution < 1.29 is 32.5 Å². The van der Waals surface area contributed by atoms with Gasteiger partial charge in [-0.05, 0) is 43.0 Å². The predicted octanol–water partition coefficient (Wildman–Crippen LogP) is 4.62. The van der Waals surface area contributed by atoms with Crippen LogP contribution in [-0.2, 0) is 9.47 Å². The number of hydrogen-bond acceptors (Lipinski definition) is 9. The number of nitrogens with zero attached hydrogens (tertiary/aromatic N) is 5. The van der Waals surface area contributed by atoms with Crippen molar-refractivity contribution in [1.82, 2.24) is 19.9 Å². The van der Waals surface area contributed by atoms with Crippen LogP contribution in [0.15, 0.2) is 30.5 Å². The van der Waals surface area contributed by atoms with Crippen LogP contribution in [0.2, 0.25) is 0 Å². The van der Waals surface area contributed by atoms with E-state index in [0.29, 0.717) is 55.9 Å². The van der Waals surface area contributed by atoms with Crippen LogP contribution in [0, 0.1) is 24.0 Å². The molecule has 0 radical (unpaired) electrons. The van der Waals surface area contributed by atoms with Crippen LogP contribution in [0.4, 0.5) is 19.0 Å². The highest BCUT2D eigenvalue weighted by atomic mass is 19.1. The monoisotopic (exact) mass is 619 g/mol. The van der Waals surface area contributed by atoms with Gasteiger partial charge < -0.3 is 24.2 Å². The van der Waals surface area contributed by atoms with E-state index >= 15 is 4.39 Å². The van der Waals surface area contributed by atoms with E-state index in [1.165, 1.54) is 30.5 Å². The molecule has 45 heavy (non-hydrogen) atoms. The zero-order valence-electron chi connectivity index (χ0n) is 24.7. The Balaban J connectivity index is 1.38. The molecule has 3 fully saturated rings. The van der Waals surface area contributed by atoms with Gasteiger partial charge in [-0.3, -0.25) is 9.88 Å². The lowest BCUT2D eigenvalue weighted by Crippen LogP contribution is -2.43. The number of methoxy groups -OCH3 is 1. The summed E-state index contributed by atoms with van der Waals surface area (Å²) in [7, 11) is 1.59. The van der Waals surface area contributed by atoms with Gasteiger partial charge in [-0.1, -0.05) is 12.0 Å². The Hall–Kier alpha value is -4.18. The minimum Gasteiger partial charge on any atom is -0.508 e. The maximum atomic E-state index is 16.7. The Morgan fingerprint density at radius 2 is 2.07 bits per heavy atom. The van der Waals surface area contributed by atoms with Gasteiger partial charge in [0.15, 0.2) is 5.82 Å². The van der Waals surface area contributed by atoms with Gasteiger partial charge in [0, 0.05) is 50.3 Å². The van der Waals surface area contributed by atoms with Gasteiger partial charge in [0.2, 0.25) is 0 Å². The highest BCUT2D eigenvalue weighted by molar-refractivity contribution is 6.03. The van der Waals surface area contributed by atoms with Gasteiger partial charge in [-0.25, -0.2) is 13.2 Å². The van der Waals surface area contributed by atoms with Crippen molar-refractivity contribution in [1.29, 1.82) is 0 Å². The molecule has 1 N–H and O–H groups in total. The molecule has 4 aromatic rings. The molecule has 0 amide bonds. The number of fused-ring (bicyclic) bond motifs is 3. The lowest BCUT2D eigenvalue weighted by molar-refractivity contribution is 0.0286. The second kappa shape index (κ2) is 11.6. The third-order valence-electron chi connectivity index (χ3n) is 9.19. The van der Waals surface area contributed by atoms with Crippen molar-refractivity contribution in [2.45, 2.75) is 37.1 Å². The van der Waals surface area contributed by atoms with Crippen molar-refractivity contribution in [3.63, 3.8) is 0 Å². The SMILES string of the molecule is C#Cc1c(F)ccc2cc(O)cc(-c3ncc4c(N5CCOC[C@@H](OC)C5)nc(OC[C@@]56CCCN5C[C@H](F)C6)nc4c3F)c12. The van der Waals surface area contributed by atoms with E-state index in [-0.39, 0.29) is 52.2 Å². The highest BCUT2D eigenvalue weighted by Crippen LogP contribution is 2.41. The summed E-state index contributed by atoms with van der Waals surface area (Å²) in [5.41, 5.74) is -0.679. The van der Waals surface area contributed by atoms with E-state index in [1.54, 1.807) is 7.11 Å². The first-order chi connectivity index (χ1) is 21.8. The third kappa shape index (κ3) is 5.18. The number of anilines is 1. The second-order valence-corrected chi connectivity index (χ2v) is 11.9. The van der Waals surface area contributed by atoms with E-state index in [1.807, 2.05) is 4.90 Å². The smallest absolute Gasteiger partial charge is 0.319 e. The van der Waals surface area contributed by atoms with E-state index in [4.69, 9.17) is 25.6 Å². The molecule has 0 unspecified atom stereocenters. The molecule has 3 atom stereocenters. The van der Waals surface area contributed by atoms with E-state index in [9.17, 15) is 13.9 Å². The molecule has 9 nitrogen and oxygen atoms in total. The zero-order valence-corrected chi connectivity index (χ0v) is 24.7. The predicted molar refractivity (Wildman–Crippen MR) is 162 cm³/mol. The number of aromatic hydroxyl groups is 1. The number of ether oxygens (including phenoxy) is 3. The Kier molecular flexibility index (Phi) is 7.63. The van der Waals surface area contributed by atoms with Gasteiger partial charge in [-0.2, -0.15) is 9.97 Å². The van der Waals surface area contributed by atoms with E-state index in [0.717, 1.165) is 19.4 Å². The molecular formula is C33H32F3N5O4. The van der Waals surface area contributed by atoms with Gasteiger partial charge in [0.05, 0.1) is 35.8 Å². The summed E-state index contributed by atoms with van der Waals surface area (Å²) in [5, 5.41) is 11.5. The number of hydrogen-bond donors (Lipinski definition) is 1. The molecule has 12 heteroatoms. The number of aromatic nitrogens is 3. The van der Waals surface area contributed by atoms with Crippen LogP contribution in [0.1, 0.15) is 24.8 Å². The molecule has 3 aliphatic rings. The van der Waals surface area contributed by atoms with Gasteiger partial charge in [-0.15, -0.1) is 6.42 Å². The number of phenols is 1. The zero-order chi connectivity index (χ0) is 31.3. The summed E-state index contributed by atoms with van der Waals surface area (Å²) in [6.07, 6.45) is 7.99. The fourth-order valence-electron chi connectivity index (χ4n) is 7.03. The first kappa shape index (κ1) is 29.5. The fraction of sp³-hybridized carbons (Fsp3) is 0.424. The molecule has 2 aromatic heterocycles. The molecular weight excluding hydrogens is 587 g/mol. The van der Waals surface area contributed by atoms with Crippen LogP contribution in [0.5, 0.6) is 11.8 Å². The summed E-state index contributed by atoms with van der Waals surface area (Å²) in [6, 6.07) is 5.33. The summed E-state index contributed by atoms with van der Waals surface area (Å²) >= 11 is 0. The van der Waals surface area contributed by atoms with Crippen LogP contribution < -0.4 is 9.64 Å². The van der Waals surface area contributed by atoms with Crippen molar-refractivity contribution in [3.05, 3.63) is 47.7 Å². The molecule has 0 aliphatic carbocycles. The fourth-order valence-corrected chi connectivity index (χ4v) is 7.03. The number of benzene rings is 2. The average molecular weight is 620 g/mol. The van der Waals surface area contributed by atoms with Crippen molar-refractivity contribution in [2.24, 2.45) is 0 Å². The molecule has 5 heterocycles. The third-order valence-corrected chi connectivity index (χ3v) is 9.19. The molecule has 0 spiro atoms. The molecule has 7 rings (SSSR count). The highest BCUT2D eigenvalue weighted by Gasteiger charge is 2.49. The first-order valence-corrected chi connectivity index (χ1v) is 15.0. The van der Waals surface area contributed by atoms with Crippen LogP contribution in [0.25, 0.3) is 32.9 Å². The lowest BCUT2D eigenvalue weighted by atomic mass is 9.95. The van der Waals surface area contributed by atoms with Crippen molar-refractivity contribution in [3.8, 4) is 35.4 Å². The largest absolute Gasteiger partial charge is 0.508 e. The Bertz CT molecular complexity index is 1830. The van der Waals surface area contributed by atoms with Crippen molar-refractivity contribution >= 4 is 27.5 Å². The van der Waals surface area contributed by atoms with Crippen molar-refractivity contribution in [2.75, 3.05) is 58.0 Å². The molecule has 234 valence electrons. The number of rotatable bonds is 6. The molecule has 3 saturated heterocycles. The molecule has 0 bridgehead atoms. The van der Waals surface area contributed by atoms with Gasteiger partial charge in [0.25, 0.3) is 0 Å². The second-order valence-electron chi connectivity index (χ2n) is 11.9. The number of pyridine rings is 1. The first-order valence-electron chi connectivity index (χ1n) is 15.0. The Morgan fingerprint density at radius 1 is 1.20 bits per heavy atom. The van der Waals surface area contributed by atoms with Crippen LogP contribution >= 0.6 is 0 Å². The van der Waals surface area contributed by atoms with Crippen LogP contribution in [0.3, 0.4) is 0 Å². The van der Waals surface area contributed by atoms with E-state index in [2.05, 4.69) is 20.8 Å². The lowest BCUT2D eigenvalue weighted by Gasteiger charge is -2.31. The maximum Gasteiger partial charge on any atom is 0.319 e. The summed E-state index contributed by atoms with van der Waals surface area (Å²) in [5.74, 6) is 1.09. The molecule has 3 aliphatic heterocycles.